The molecule has 1 fully saturated rings. The molecule has 1 aliphatic rings. The Kier molecular flexibility index (Phi) is 5.79. The Morgan fingerprint density at radius 2 is 1.51 bits per heavy atom. The topological polar surface area (TPSA) is 54.3 Å². The fourth-order valence-electron chi connectivity index (χ4n) is 4.43. The zero-order chi connectivity index (χ0) is 24.5. The quantitative estimate of drug-likeness (QED) is 0.291. The number of nitrogens with one attached hydrogen (secondary N) is 1. The van der Waals surface area contributed by atoms with Crippen LogP contribution < -0.4 is 5.32 Å². The van der Waals surface area contributed by atoms with Gasteiger partial charge in [0.25, 0.3) is 5.91 Å². The highest BCUT2D eigenvalue weighted by Gasteiger charge is 2.34. The van der Waals surface area contributed by atoms with Crippen molar-refractivity contribution in [3.63, 3.8) is 0 Å². The predicted molar refractivity (Wildman–Crippen MR) is 134 cm³/mol. The van der Waals surface area contributed by atoms with E-state index >= 15 is 0 Å². The monoisotopic (exact) mass is 465 g/mol. The van der Waals surface area contributed by atoms with Crippen molar-refractivity contribution >= 4 is 18.0 Å². The maximum Gasteiger partial charge on any atom is 0.329 e. The van der Waals surface area contributed by atoms with Crippen molar-refractivity contribution in [1.29, 1.82) is 0 Å². The number of aryl methyl sites for hydroxylation is 1. The average Bonchev–Trinajstić information content (AvgIpc) is 3.30. The third kappa shape index (κ3) is 4.26. The third-order valence-corrected chi connectivity index (χ3v) is 6.25. The molecular formula is C29H24FN3O2. The van der Waals surface area contributed by atoms with Gasteiger partial charge in [-0.25, -0.2) is 9.18 Å². The molecule has 174 valence electrons. The van der Waals surface area contributed by atoms with E-state index in [2.05, 4.69) is 46.3 Å². The molecule has 0 atom stereocenters. The van der Waals surface area contributed by atoms with Gasteiger partial charge in [0.05, 0.1) is 6.54 Å². The largest absolute Gasteiger partial charge is 0.329 e. The summed E-state index contributed by atoms with van der Waals surface area (Å²) in [6, 6.07) is 26.0. The molecule has 0 unspecified atom stereocenters. The van der Waals surface area contributed by atoms with E-state index in [9.17, 15) is 14.0 Å². The van der Waals surface area contributed by atoms with Crippen molar-refractivity contribution in [2.75, 3.05) is 0 Å². The first-order chi connectivity index (χ1) is 16.9. The van der Waals surface area contributed by atoms with Gasteiger partial charge in [-0.05, 0) is 60.9 Å². The van der Waals surface area contributed by atoms with Gasteiger partial charge in [-0.15, -0.1) is 0 Å². The minimum atomic E-state index is -0.560. The van der Waals surface area contributed by atoms with E-state index in [0.717, 1.165) is 38.7 Å². The van der Waals surface area contributed by atoms with Gasteiger partial charge in [0.2, 0.25) is 0 Å². The summed E-state index contributed by atoms with van der Waals surface area (Å²) in [5, 5.41) is 2.63. The van der Waals surface area contributed by atoms with E-state index in [4.69, 9.17) is 0 Å². The molecule has 4 aromatic rings. The molecule has 0 spiro atoms. The molecule has 3 aromatic carbocycles. The summed E-state index contributed by atoms with van der Waals surface area (Å²) in [4.78, 5) is 26.4. The summed E-state index contributed by atoms with van der Waals surface area (Å²) >= 11 is 0. The van der Waals surface area contributed by atoms with Crippen LogP contribution in [0.25, 0.3) is 22.9 Å². The van der Waals surface area contributed by atoms with Crippen LogP contribution >= 0.6 is 0 Å². The van der Waals surface area contributed by atoms with Crippen LogP contribution in [0.5, 0.6) is 0 Å². The Labute approximate surface area is 203 Å². The lowest BCUT2D eigenvalue weighted by molar-refractivity contribution is -0.123. The highest BCUT2D eigenvalue weighted by molar-refractivity contribution is 6.14. The van der Waals surface area contributed by atoms with Crippen molar-refractivity contribution in [2.24, 2.45) is 0 Å². The van der Waals surface area contributed by atoms with Gasteiger partial charge in [-0.3, -0.25) is 9.69 Å². The van der Waals surface area contributed by atoms with Crippen LogP contribution in [-0.4, -0.2) is 21.4 Å². The number of rotatable bonds is 5. The summed E-state index contributed by atoms with van der Waals surface area (Å²) < 4.78 is 16.1. The molecular weight excluding hydrogens is 441 g/mol. The lowest BCUT2D eigenvalue weighted by Crippen LogP contribution is -2.30. The van der Waals surface area contributed by atoms with Crippen LogP contribution in [0.15, 0.2) is 90.6 Å². The lowest BCUT2D eigenvalue weighted by Gasteiger charge is -2.12. The number of carbonyl (C=O) groups is 2. The number of carbonyl (C=O) groups excluding carboxylic acids is 2. The van der Waals surface area contributed by atoms with Crippen LogP contribution in [0.2, 0.25) is 0 Å². The van der Waals surface area contributed by atoms with Gasteiger partial charge in [0.1, 0.15) is 11.5 Å². The number of halogens is 1. The Morgan fingerprint density at radius 1 is 0.857 bits per heavy atom. The summed E-state index contributed by atoms with van der Waals surface area (Å²) in [5.74, 6) is -0.928. The van der Waals surface area contributed by atoms with E-state index in [1.165, 1.54) is 6.07 Å². The van der Waals surface area contributed by atoms with Crippen molar-refractivity contribution in [1.82, 2.24) is 14.8 Å². The second-order valence-corrected chi connectivity index (χ2v) is 8.55. The molecule has 0 bridgehead atoms. The van der Waals surface area contributed by atoms with E-state index < -0.39 is 17.8 Å². The van der Waals surface area contributed by atoms with Gasteiger partial charge in [0, 0.05) is 22.6 Å². The first-order valence-corrected chi connectivity index (χ1v) is 11.3. The van der Waals surface area contributed by atoms with Crippen molar-refractivity contribution in [3.8, 4) is 16.8 Å². The Morgan fingerprint density at radius 3 is 2.23 bits per heavy atom. The summed E-state index contributed by atoms with van der Waals surface area (Å²) in [6.07, 6.45) is 1.68. The lowest BCUT2D eigenvalue weighted by atomic mass is 10.1. The molecule has 6 heteroatoms. The maximum atomic E-state index is 14.0. The third-order valence-electron chi connectivity index (χ3n) is 6.25. The maximum absolute atomic E-state index is 14.0. The second kappa shape index (κ2) is 9.06. The Balaban J connectivity index is 1.41. The summed E-state index contributed by atoms with van der Waals surface area (Å²) in [7, 11) is 0. The predicted octanol–water partition coefficient (Wildman–Crippen LogP) is 5.99. The Hall–Kier alpha value is -4.45. The van der Waals surface area contributed by atoms with Crippen LogP contribution in [0.1, 0.15) is 22.5 Å². The van der Waals surface area contributed by atoms with Crippen molar-refractivity contribution in [3.05, 3.63) is 119 Å². The fourth-order valence-corrected chi connectivity index (χ4v) is 4.43. The van der Waals surface area contributed by atoms with Crippen LogP contribution in [-0.2, 0) is 11.3 Å². The molecule has 0 saturated carbocycles. The van der Waals surface area contributed by atoms with Crippen molar-refractivity contribution < 1.29 is 14.0 Å². The summed E-state index contributed by atoms with van der Waals surface area (Å²) in [5.41, 5.74) is 6.52. The van der Waals surface area contributed by atoms with Gasteiger partial charge < -0.3 is 9.88 Å². The van der Waals surface area contributed by atoms with Crippen LogP contribution in [0, 0.1) is 19.7 Å². The average molecular weight is 466 g/mol. The number of hydrogen-bond donors (Lipinski definition) is 1. The molecule has 1 N–H and O–H groups in total. The summed E-state index contributed by atoms with van der Waals surface area (Å²) in [6.45, 7) is 3.85. The molecule has 35 heavy (non-hydrogen) atoms. The standard InChI is InChI=1S/C29H24FN3O2/c1-19-16-24(17-27-28(34)32(29(35)31-27)18-23-10-6-7-11-26(23)30)20(2)33(19)25-14-12-22(13-15-25)21-8-4-3-5-9-21/h3-17H,18H2,1-2H3,(H,31,35)/b27-17-. The van der Waals surface area contributed by atoms with E-state index in [1.54, 1.807) is 24.3 Å². The molecule has 5 rings (SSSR count). The zero-order valence-corrected chi connectivity index (χ0v) is 19.5. The zero-order valence-electron chi connectivity index (χ0n) is 19.5. The number of benzene rings is 3. The van der Waals surface area contributed by atoms with E-state index in [-0.39, 0.29) is 17.8 Å². The minimum Gasteiger partial charge on any atom is -0.318 e. The molecule has 3 amide bonds. The molecule has 0 radical (unpaired) electrons. The molecule has 0 aliphatic carbocycles. The second-order valence-electron chi connectivity index (χ2n) is 8.55. The number of aromatic nitrogens is 1. The Bertz CT molecular complexity index is 1450. The number of amides is 3. The normalized spacial score (nSPS) is 14.6. The fraction of sp³-hybridized carbons (Fsp3) is 0.103. The van der Waals surface area contributed by atoms with Gasteiger partial charge in [0.15, 0.2) is 0 Å². The number of hydrogen-bond acceptors (Lipinski definition) is 2. The minimum absolute atomic E-state index is 0.124. The highest BCUT2D eigenvalue weighted by atomic mass is 19.1. The highest BCUT2D eigenvalue weighted by Crippen LogP contribution is 2.27. The van der Waals surface area contributed by atoms with Gasteiger partial charge in [-0.2, -0.15) is 0 Å². The first-order valence-electron chi connectivity index (χ1n) is 11.3. The van der Waals surface area contributed by atoms with Crippen molar-refractivity contribution in [2.45, 2.75) is 20.4 Å². The molecule has 2 heterocycles. The van der Waals surface area contributed by atoms with Gasteiger partial charge in [-0.1, -0.05) is 60.7 Å². The number of imide groups is 1. The number of nitrogens with zero attached hydrogens (tertiary/aromatic N) is 2. The van der Waals surface area contributed by atoms with E-state index in [1.807, 2.05) is 38.1 Å². The first kappa shape index (κ1) is 22.3. The van der Waals surface area contributed by atoms with Gasteiger partial charge >= 0.3 is 6.03 Å². The molecule has 1 aromatic heterocycles. The van der Waals surface area contributed by atoms with Crippen LogP contribution in [0.3, 0.4) is 0 Å². The molecule has 1 aliphatic heterocycles. The van der Waals surface area contributed by atoms with Crippen LogP contribution in [0.4, 0.5) is 9.18 Å². The SMILES string of the molecule is Cc1cc(/C=C2\NC(=O)N(Cc3ccccc3F)C2=O)c(C)n1-c1ccc(-c2ccccc2)cc1. The molecule has 5 nitrogen and oxygen atoms in total. The molecule has 1 saturated heterocycles. The van der Waals surface area contributed by atoms with E-state index in [0.29, 0.717) is 0 Å². The number of urea groups is 1. The smallest absolute Gasteiger partial charge is 0.318 e.